The molecular formula is C12H22O11. The maximum absolute atomic E-state index is 9.94. The van der Waals surface area contributed by atoms with Crippen LogP contribution in [-0.2, 0) is 14.2 Å². The van der Waals surface area contributed by atoms with E-state index in [-0.39, 0.29) is 0 Å². The molecule has 0 bridgehead atoms. The molecule has 0 aliphatic carbocycles. The Labute approximate surface area is 130 Å². The quantitative estimate of drug-likeness (QED) is 0.243. The summed E-state index contributed by atoms with van der Waals surface area (Å²) in [5, 5.41) is 76.5. The van der Waals surface area contributed by atoms with Crippen LogP contribution in [0.3, 0.4) is 0 Å². The van der Waals surface area contributed by atoms with Crippen LogP contribution in [0.15, 0.2) is 0 Å². The third-order valence-corrected chi connectivity index (χ3v) is 3.98. The summed E-state index contributed by atoms with van der Waals surface area (Å²) in [5.41, 5.74) is 0. The highest BCUT2D eigenvalue weighted by Gasteiger charge is 2.50. The van der Waals surface area contributed by atoms with Crippen molar-refractivity contribution in [2.24, 2.45) is 0 Å². The van der Waals surface area contributed by atoms with Crippen molar-refractivity contribution >= 4 is 0 Å². The highest BCUT2D eigenvalue weighted by molar-refractivity contribution is 4.93. The Morgan fingerprint density at radius 1 is 0.652 bits per heavy atom. The number of hydrogen-bond acceptors (Lipinski definition) is 11. The first-order valence-electron chi connectivity index (χ1n) is 7.08. The van der Waals surface area contributed by atoms with E-state index in [1.54, 1.807) is 0 Å². The zero-order valence-corrected chi connectivity index (χ0v) is 12.0. The normalized spacial score (nSPS) is 51.7. The van der Waals surface area contributed by atoms with Crippen LogP contribution in [0, 0.1) is 0 Å². The van der Waals surface area contributed by atoms with Crippen molar-refractivity contribution in [3.05, 3.63) is 0 Å². The molecule has 2 rings (SSSR count). The Bertz CT molecular complexity index is 378. The molecule has 0 aromatic carbocycles. The molecule has 136 valence electrons. The summed E-state index contributed by atoms with van der Waals surface area (Å²) in [5.74, 6) is 0. The summed E-state index contributed by atoms with van der Waals surface area (Å²) in [7, 11) is 0. The van der Waals surface area contributed by atoms with Crippen LogP contribution in [0.2, 0.25) is 0 Å². The molecule has 0 aromatic rings. The van der Waals surface area contributed by atoms with Crippen LogP contribution >= 0.6 is 0 Å². The molecule has 0 saturated carbocycles. The first-order chi connectivity index (χ1) is 10.8. The first kappa shape index (κ1) is 18.9. The van der Waals surface area contributed by atoms with Crippen molar-refractivity contribution in [1.82, 2.24) is 0 Å². The standard InChI is InChI=1S/C12H22O11/c13-1-3-5(15)6(16)9(19)12(22-3)23-10-4(2-14)21-11(20)8(18)7(10)17/h3-20H,1-2H2/t3-,4-,5?,6+,7?,8?,9?,10?,11-,12?/m1/s1. The van der Waals surface area contributed by atoms with Crippen LogP contribution in [0.1, 0.15) is 0 Å². The number of ether oxygens (including phenoxy) is 3. The minimum atomic E-state index is -1.74. The predicted octanol–water partition coefficient (Wildman–Crippen LogP) is -5.40. The third-order valence-electron chi connectivity index (χ3n) is 3.98. The Morgan fingerprint density at radius 3 is 1.83 bits per heavy atom. The van der Waals surface area contributed by atoms with E-state index in [9.17, 15) is 35.7 Å². The summed E-state index contributed by atoms with van der Waals surface area (Å²) in [6.07, 6.45) is -15.6. The Kier molecular flexibility index (Phi) is 6.27. The van der Waals surface area contributed by atoms with Crippen LogP contribution < -0.4 is 0 Å². The molecule has 6 unspecified atom stereocenters. The molecule has 11 heteroatoms. The predicted molar refractivity (Wildman–Crippen MR) is 68.6 cm³/mol. The first-order valence-corrected chi connectivity index (χ1v) is 7.08. The summed E-state index contributed by atoms with van der Waals surface area (Å²) in [6.45, 7) is -1.35. The van der Waals surface area contributed by atoms with Gasteiger partial charge in [-0.05, 0) is 0 Å². The van der Waals surface area contributed by atoms with Crippen molar-refractivity contribution in [3.8, 4) is 0 Å². The molecule has 23 heavy (non-hydrogen) atoms. The molecule has 0 amide bonds. The molecule has 10 atom stereocenters. The zero-order chi connectivity index (χ0) is 17.3. The van der Waals surface area contributed by atoms with Gasteiger partial charge >= 0.3 is 0 Å². The molecule has 11 nitrogen and oxygen atoms in total. The topological polar surface area (TPSA) is 190 Å². The highest BCUT2D eigenvalue weighted by atomic mass is 16.7. The Hall–Kier alpha value is -0.440. The minimum absolute atomic E-state index is 0.667. The molecule has 8 N–H and O–H groups in total. The van der Waals surface area contributed by atoms with Gasteiger partial charge in [0.25, 0.3) is 0 Å². The van der Waals surface area contributed by atoms with E-state index >= 15 is 0 Å². The minimum Gasteiger partial charge on any atom is -0.394 e. The second-order valence-electron chi connectivity index (χ2n) is 5.53. The number of aliphatic hydroxyl groups is 8. The number of hydrogen-bond donors (Lipinski definition) is 8. The van der Waals surface area contributed by atoms with Gasteiger partial charge in [0.05, 0.1) is 13.2 Å². The lowest BCUT2D eigenvalue weighted by Crippen LogP contribution is -2.64. The number of aliphatic hydroxyl groups excluding tert-OH is 8. The van der Waals surface area contributed by atoms with Crippen molar-refractivity contribution in [2.75, 3.05) is 13.2 Å². The average Bonchev–Trinajstić information content (AvgIpc) is 2.55. The highest BCUT2D eigenvalue weighted by Crippen LogP contribution is 2.28. The van der Waals surface area contributed by atoms with Gasteiger partial charge in [-0.25, -0.2) is 0 Å². The van der Waals surface area contributed by atoms with Gasteiger partial charge in [0, 0.05) is 0 Å². The van der Waals surface area contributed by atoms with Gasteiger partial charge < -0.3 is 55.1 Å². The van der Waals surface area contributed by atoms with Gasteiger partial charge in [0.15, 0.2) is 12.6 Å². The fraction of sp³-hybridized carbons (Fsp3) is 1.00. The van der Waals surface area contributed by atoms with Crippen LogP contribution in [0.4, 0.5) is 0 Å². The molecule has 0 radical (unpaired) electrons. The van der Waals surface area contributed by atoms with Crippen molar-refractivity contribution in [1.29, 1.82) is 0 Å². The van der Waals surface area contributed by atoms with E-state index in [0.717, 1.165) is 0 Å². The van der Waals surface area contributed by atoms with Gasteiger partial charge in [-0.15, -0.1) is 0 Å². The van der Waals surface area contributed by atoms with Crippen molar-refractivity contribution < 1.29 is 55.1 Å². The molecule has 2 aliphatic heterocycles. The van der Waals surface area contributed by atoms with Crippen LogP contribution in [0.25, 0.3) is 0 Å². The van der Waals surface area contributed by atoms with E-state index in [4.69, 9.17) is 19.3 Å². The Balaban J connectivity index is 2.11. The van der Waals surface area contributed by atoms with Crippen LogP contribution in [-0.4, -0.2) is 115 Å². The van der Waals surface area contributed by atoms with E-state index in [2.05, 4.69) is 0 Å². The van der Waals surface area contributed by atoms with Gasteiger partial charge in [-0.1, -0.05) is 0 Å². The molecule has 2 saturated heterocycles. The summed E-state index contributed by atoms with van der Waals surface area (Å²) < 4.78 is 15.3. The van der Waals surface area contributed by atoms with Crippen molar-refractivity contribution in [3.63, 3.8) is 0 Å². The Morgan fingerprint density at radius 2 is 1.26 bits per heavy atom. The summed E-state index contributed by atoms with van der Waals surface area (Å²) >= 11 is 0. The van der Waals surface area contributed by atoms with E-state index in [1.165, 1.54) is 0 Å². The number of rotatable bonds is 4. The van der Waals surface area contributed by atoms with Gasteiger partial charge in [0.2, 0.25) is 0 Å². The maximum Gasteiger partial charge on any atom is 0.187 e. The molecule has 2 fully saturated rings. The molecule has 0 spiro atoms. The third kappa shape index (κ3) is 3.65. The summed E-state index contributed by atoms with van der Waals surface area (Å²) in [6, 6.07) is 0. The largest absolute Gasteiger partial charge is 0.394 e. The SMILES string of the molecule is OC[C@H]1O[C@@H](O)C(O)C(O)C1OC1O[C@H](CO)C(O)[C@H](O)C1O. The molecule has 2 aliphatic rings. The molecule has 2 heterocycles. The van der Waals surface area contributed by atoms with Crippen molar-refractivity contribution in [2.45, 2.75) is 61.4 Å². The summed E-state index contributed by atoms with van der Waals surface area (Å²) in [4.78, 5) is 0. The fourth-order valence-corrected chi connectivity index (χ4v) is 2.57. The van der Waals surface area contributed by atoms with Crippen LogP contribution in [0.5, 0.6) is 0 Å². The molecular weight excluding hydrogens is 320 g/mol. The lowest BCUT2D eigenvalue weighted by atomic mass is 9.97. The smallest absolute Gasteiger partial charge is 0.187 e. The fourth-order valence-electron chi connectivity index (χ4n) is 2.57. The second-order valence-corrected chi connectivity index (χ2v) is 5.53. The lowest BCUT2D eigenvalue weighted by Gasteiger charge is -2.45. The lowest BCUT2D eigenvalue weighted by molar-refractivity contribution is -0.355. The monoisotopic (exact) mass is 342 g/mol. The van der Waals surface area contributed by atoms with E-state index in [1.807, 2.05) is 0 Å². The van der Waals surface area contributed by atoms with Gasteiger partial charge in [-0.2, -0.15) is 0 Å². The zero-order valence-electron chi connectivity index (χ0n) is 12.0. The van der Waals surface area contributed by atoms with E-state index in [0.29, 0.717) is 0 Å². The second kappa shape index (κ2) is 7.63. The van der Waals surface area contributed by atoms with Gasteiger partial charge in [0.1, 0.15) is 48.8 Å². The average molecular weight is 342 g/mol. The van der Waals surface area contributed by atoms with Gasteiger partial charge in [-0.3, -0.25) is 0 Å². The maximum atomic E-state index is 9.94. The molecule has 0 aromatic heterocycles. The van der Waals surface area contributed by atoms with E-state index < -0.39 is 74.6 Å².